The van der Waals surface area contributed by atoms with Crippen molar-refractivity contribution in [2.75, 3.05) is 40.5 Å². The van der Waals surface area contributed by atoms with Gasteiger partial charge in [0.25, 0.3) is 0 Å². The van der Waals surface area contributed by atoms with E-state index in [1.807, 2.05) is 14.0 Å². The molecule has 1 heterocycles. The first-order chi connectivity index (χ1) is 7.69. The molecule has 1 rings (SSSR count). The van der Waals surface area contributed by atoms with Crippen molar-refractivity contribution in [3.05, 3.63) is 0 Å². The minimum absolute atomic E-state index is 0.100. The third-order valence-corrected chi connectivity index (χ3v) is 2.87. The summed E-state index contributed by atoms with van der Waals surface area (Å²) in [4.78, 5) is 13.7. The molecule has 0 spiro atoms. The van der Waals surface area contributed by atoms with Crippen LogP contribution in [0.1, 0.15) is 13.3 Å². The van der Waals surface area contributed by atoms with Gasteiger partial charge in [0, 0.05) is 33.9 Å². The first kappa shape index (κ1) is 13.4. The van der Waals surface area contributed by atoms with Crippen molar-refractivity contribution in [1.29, 1.82) is 0 Å². The maximum absolute atomic E-state index is 12.0. The van der Waals surface area contributed by atoms with Gasteiger partial charge in [0.05, 0.1) is 18.8 Å². The van der Waals surface area contributed by atoms with Gasteiger partial charge in [-0.05, 0) is 13.3 Å². The lowest BCUT2D eigenvalue weighted by atomic mass is 10.2. The summed E-state index contributed by atoms with van der Waals surface area (Å²) >= 11 is 0. The van der Waals surface area contributed by atoms with E-state index in [1.54, 1.807) is 12.0 Å². The minimum atomic E-state index is -0.100. The average Bonchev–Trinajstić information content (AvgIpc) is 2.76. The highest BCUT2D eigenvalue weighted by Gasteiger charge is 2.30. The van der Waals surface area contributed by atoms with Gasteiger partial charge in [-0.1, -0.05) is 0 Å². The van der Waals surface area contributed by atoms with Crippen molar-refractivity contribution in [3.8, 4) is 0 Å². The highest BCUT2D eigenvalue weighted by Crippen LogP contribution is 2.11. The standard InChI is InChI=1S/C11H22N2O3/c1-4-16-6-5-13(2)11(14)10-7-9(15-3)8-12-10/h9-10,12H,4-8H2,1-3H3. The Morgan fingerprint density at radius 3 is 2.88 bits per heavy atom. The van der Waals surface area contributed by atoms with E-state index < -0.39 is 0 Å². The molecule has 1 aliphatic heterocycles. The Hall–Kier alpha value is -0.650. The van der Waals surface area contributed by atoms with E-state index >= 15 is 0 Å². The van der Waals surface area contributed by atoms with Gasteiger partial charge in [0.15, 0.2) is 0 Å². The van der Waals surface area contributed by atoms with Gasteiger partial charge in [-0.2, -0.15) is 0 Å². The predicted molar refractivity (Wildman–Crippen MR) is 61.3 cm³/mol. The molecule has 0 aliphatic carbocycles. The SMILES string of the molecule is CCOCCN(C)C(=O)C1CC(OC)CN1. The second kappa shape index (κ2) is 6.83. The molecule has 0 aromatic heterocycles. The van der Waals surface area contributed by atoms with E-state index in [0.717, 1.165) is 13.0 Å². The van der Waals surface area contributed by atoms with Gasteiger partial charge >= 0.3 is 0 Å². The number of ether oxygens (including phenoxy) is 2. The molecule has 5 heteroatoms. The van der Waals surface area contributed by atoms with Crippen LogP contribution in [0.25, 0.3) is 0 Å². The van der Waals surface area contributed by atoms with Gasteiger partial charge in [-0.25, -0.2) is 0 Å². The number of nitrogens with zero attached hydrogens (tertiary/aromatic N) is 1. The zero-order valence-electron chi connectivity index (χ0n) is 10.4. The Kier molecular flexibility index (Phi) is 5.73. The van der Waals surface area contributed by atoms with Gasteiger partial charge in [-0.15, -0.1) is 0 Å². The Balaban J connectivity index is 2.28. The molecule has 1 aliphatic rings. The summed E-state index contributed by atoms with van der Waals surface area (Å²) in [7, 11) is 3.49. The minimum Gasteiger partial charge on any atom is -0.380 e. The maximum Gasteiger partial charge on any atom is 0.239 e. The summed E-state index contributed by atoms with van der Waals surface area (Å²) in [6.45, 7) is 4.63. The second-order valence-corrected chi connectivity index (χ2v) is 4.01. The van der Waals surface area contributed by atoms with Gasteiger partial charge in [0.1, 0.15) is 0 Å². The molecule has 0 radical (unpaired) electrons. The van der Waals surface area contributed by atoms with E-state index in [2.05, 4.69) is 5.32 Å². The summed E-state index contributed by atoms with van der Waals surface area (Å²) in [5.74, 6) is 0.124. The molecule has 94 valence electrons. The first-order valence-electron chi connectivity index (χ1n) is 5.78. The Bertz CT molecular complexity index is 223. The molecule has 0 aromatic carbocycles. The van der Waals surface area contributed by atoms with Crippen LogP contribution in [0.3, 0.4) is 0 Å². The number of carbonyl (C=O) groups excluding carboxylic acids is 1. The summed E-state index contributed by atoms with van der Waals surface area (Å²) in [5.41, 5.74) is 0. The normalized spacial score (nSPS) is 24.7. The number of amides is 1. The summed E-state index contributed by atoms with van der Waals surface area (Å²) in [6, 6.07) is -0.100. The topological polar surface area (TPSA) is 50.8 Å². The van der Waals surface area contributed by atoms with Crippen LogP contribution in [0.4, 0.5) is 0 Å². The number of rotatable bonds is 6. The average molecular weight is 230 g/mol. The second-order valence-electron chi connectivity index (χ2n) is 4.01. The van der Waals surface area contributed by atoms with Crippen molar-refractivity contribution < 1.29 is 14.3 Å². The largest absolute Gasteiger partial charge is 0.380 e. The Morgan fingerprint density at radius 1 is 1.56 bits per heavy atom. The molecule has 2 unspecified atom stereocenters. The predicted octanol–water partition coefficient (Wildman–Crippen LogP) is -0.142. The molecule has 5 nitrogen and oxygen atoms in total. The van der Waals surface area contributed by atoms with Crippen LogP contribution >= 0.6 is 0 Å². The quantitative estimate of drug-likeness (QED) is 0.645. The van der Waals surface area contributed by atoms with Gasteiger partial charge in [-0.3, -0.25) is 4.79 Å². The van der Waals surface area contributed by atoms with Crippen molar-refractivity contribution in [3.63, 3.8) is 0 Å². The first-order valence-corrected chi connectivity index (χ1v) is 5.78. The molecule has 0 saturated carbocycles. The van der Waals surface area contributed by atoms with Crippen LogP contribution in [-0.4, -0.2) is 63.4 Å². The fourth-order valence-corrected chi connectivity index (χ4v) is 1.79. The van der Waals surface area contributed by atoms with Crippen LogP contribution in [0, 0.1) is 0 Å². The Morgan fingerprint density at radius 2 is 2.31 bits per heavy atom. The van der Waals surface area contributed by atoms with Crippen molar-refractivity contribution in [2.24, 2.45) is 0 Å². The monoisotopic (exact) mass is 230 g/mol. The number of hydrogen-bond donors (Lipinski definition) is 1. The zero-order chi connectivity index (χ0) is 12.0. The molecular weight excluding hydrogens is 208 g/mol. The lowest BCUT2D eigenvalue weighted by Gasteiger charge is -2.20. The number of carbonyl (C=O) groups is 1. The molecule has 2 atom stereocenters. The zero-order valence-corrected chi connectivity index (χ0v) is 10.4. The molecule has 1 amide bonds. The van der Waals surface area contributed by atoms with E-state index in [-0.39, 0.29) is 18.1 Å². The van der Waals surface area contributed by atoms with E-state index in [4.69, 9.17) is 9.47 Å². The van der Waals surface area contributed by atoms with Gasteiger partial charge < -0.3 is 19.7 Å². The van der Waals surface area contributed by atoms with E-state index in [9.17, 15) is 4.79 Å². The number of nitrogens with one attached hydrogen (secondary N) is 1. The fourth-order valence-electron chi connectivity index (χ4n) is 1.79. The van der Waals surface area contributed by atoms with Crippen LogP contribution in [0.5, 0.6) is 0 Å². The summed E-state index contributed by atoms with van der Waals surface area (Å²) in [6.07, 6.45) is 0.920. The van der Waals surface area contributed by atoms with Crippen molar-refractivity contribution in [1.82, 2.24) is 10.2 Å². The van der Waals surface area contributed by atoms with E-state index in [0.29, 0.717) is 19.8 Å². The van der Waals surface area contributed by atoms with E-state index in [1.165, 1.54) is 0 Å². The van der Waals surface area contributed by atoms with Crippen molar-refractivity contribution >= 4 is 5.91 Å². The smallest absolute Gasteiger partial charge is 0.239 e. The molecule has 0 aromatic rings. The fraction of sp³-hybridized carbons (Fsp3) is 0.909. The van der Waals surface area contributed by atoms with Gasteiger partial charge in [0.2, 0.25) is 5.91 Å². The molecule has 1 fully saturated rings. The summed E-state index contributed by atoms with van der Waals surface area (Å²) in [5, 5.41) is 3.17. The molecular formula is C11H22N2O3. The molecule has 16 heavy (non-hydrogen) atoms. The van der Waals surface area contributed by atoms with Crippen molar-refractivity contribution in [2.45, 2.75) is 25.5 Å². The third kappa shape index (κ3) is 3.73. The lowest BCUT2D eigenvalue weighted by molar-refractivity contribution is -0.132. The number of hydrogen-bond acceptors (Lipinski definition) is 4. The van der Waals surface area contributed by atoms with Crippen LogP contribution in [0.2, 0.25) is 0 Å². The highest BCUT2D eigenvalue weighted by atomic mass is 16.5. The third-order valence-electron chi connectivity index (χ3n) is 2.87. The molecule has 1 saturated heterocycles. The summed E-state index contributed by atoms with van der Waals surface area (Å²) < 4.78 is 10.4. The van der Waals surface area contributed by atoms with Crippen LogP contribution in [0.15, 0.2) is 0 Å². The Labute approximate surface area is 97.1 Å². The van der Waals surface area contributed by atoms with Crippen LogP contribution < -0.4 is 5.32 Å². The highest BCUT2D eigenvalue weighted by molar-refractivity contribution is 5.82. The maximum atomic E-state index is 12.0. The van der Waals surface area contributed by atoms with Crippen LogP contribution in [-0.2, 0) is 14.3 Å². The number of methoxy groups -OCH3 is 1. The molecule has 1 N–H and O–H groups in total. The molecule has 0 bridgehead atoms. The number of likely N-dealkylation sites (N-methyl/N-ethyl adjacent to an activating group) is 1. The lowest BCUT2D eigenvalue weighted by Crippen LogP contribution is -2.42.